The SMILES string of the molecule is Fc1cncc(N2CCC(F)(F)C2)c1. The van der Waals surface area contributed by atoms with E-state index in [2.05, 4.69) is 4.98 Å². The van der Waals surface area contributed by atoms with Gasteiger partial charge in [0.2, 0.25) is 0 Å². The number of anilines is 1. The first-order valence-electron chi connectivity index (χ1n) is 4.30. The van der Waals surface area contributed by atoms with Crippen LogP contribution in [0.4, 0.5) is 18.9 Å². The van der Waals surface area contributed by atoms with Crippen molar-refractivity contribution in [1.82, 2.24) is 4.98 Å². The number of nitrogens with zero attached hydrogens (tertiary/aromatic N) is 2. The first kappa shape index (κ1) is 9.30. The van der Waals surface area contributed by atoms with Crippen LogP contribution < -0.4 is 4.90 Å². The summed E-state index contributed by atoms with van der Waals surface area (Å²) in [6, 6.07) is 1.22. The molecule has 0 bridgehead atoms. The number of pyridine rings is 1. The molecule has 1 saturated heterocycles. The van der Waals surface area contributed by atoms with Crippen LogP contribution in [0.15, 0.2) is 18.5 Å². The fourth-order valence-electron chi connectivity index (χ4n) is 1.53. The molecule has 2 rings (SSSR count). The molecule has 0 unspecified atom stereocenters. The second kappa shape index (κ2) is 3.15. The monoisotopic (exact) mass is 202 g/mol. The van der Waals surface area contributed by atoms with Crippen LogP contribution in [0, 0.1) is 5.82 Å². The summed E-state index contributed by atoms with van der Waals surface area (Å²) in [6.45, 7) is -0.101. The third-order valence-corrected chi connectivity index (χ3v) is 2.23. The summed E-state index contributed by atoms with van der Waals surface area (Å²) in [4.78, 5) is 5.06. The fourth-order valence-corrected chi connectivity index (χ4v) is 1.53. The van der Waals surface area contributed by atoms with Crippen molar-refractivity contribution in [2.45, 2.75) is 12.3 Å². The summed E-state index contributed by atoms with van der Waals surface area (Å²) in [5, 5.41) is 0. The molecule has 1 aliphatic heterocycles. The lowest BCUT2D eigenvalue weighted by Crippen LogP contribution is -2.24. The quantitative estimate of drug-likeness (QED) is 0.693. The maximum atomic E-state index is 12.8. The summed E-state index contributed by atoms with van der Waals surface area (Å²) in [5.74, 6) is -3.16. The Bertz CT molecular complexity index is 341. The van der Waals surface area contributed by atoms with Gasteiger partial charge in [0.15, 0.2) is 0 Å². The minimum Gasteiger partial charge on any atom is -0.364 e. The van der Waals surface area contributed by atoms with E-state index in [4.69, 9.17) is 0 Å². The zero-order chi connectivity index (χ0) is 10.2. The summed E-state index contributed by atoms with van der Waals surface area (Å²) in [7, 11) is 0. The van der Waals surface area contributed by atoms with E-state index in [1.54, 1.807) is 0 Å². The van der Waals surface area contributed by atoms with Crippen molar-refractivity contribution < 1.29 is 13.2 Å². The molecule has 0 radical (unpaired) electrons. The lowest BCUT2D eigenvalue weighted by molar-refractivity contribution is 0.0257. The standard InChI is InChI=1S/C9H9F3N2/c10-7-3-8(5-13-4-7)14-2-1-9(11,12)6-14/h3-5H,1-2,6H2. The van der Waals surface area contributed by atoms with E-state index in [1.807, 2.05) is 0 Å². The predicted octanol–water partition coefficient (Wildman–Crippen LogP) is 2.07. The van der Waals surface area contributed by atoms with Gasteiger partial charge in [0.25, 0.3) is 5.92 Å². The van der Waals surface area contributed by atoms with Gasteiger partial charge in [-0.1, -0.05) is 0 Å². The van der Waals surface area contributed by atoms with Crippen molar-refractivity contribution in [3.63, 3.8) is 0 Å². The molecule has 1 aromatic rings. The molecule has 5 heteroatoms. The second-order valence-electron chi connectivity index (χ2n) is 3.39. The van der Waals surface area contributed by atoms with Crippen molar-refractivity contribution >= 4 is 5.69 Å². The molecule has 0 saturated carbocycles. The average molecular weight is 202 g/mol. The number of halogens is 3. The van der Waals surface area contributed by atoms with Crippen molar-refractivity contribution in [1.29, 1.82) is 0 Å². The zero-order valence-corrected chi connectivity index (χ0v) is 7.38. The molecule has 0 N–H and O–H groups in total. The molecule has 0 aromatic carbocycles. The van der Waals surface area contributed by atoms with Crippen LogP contribution in [-0.4, -0.2) is 24.0 Å². The van der Waals surface area contributed by atoms with Gasteiger partial charge in [-0.15, -0.1) is 0 Å². The van der Waals surface area contributed by atoms with Crippen molar-refractivity contribution in [2.75, 3.05) is 18.0 Å². The minimum atomic E-state index is -2.66. The number of aromatic nitrogens is 1. The Morgan fingerprint density at radius 2 is 2.14 bits per heavy atom. The van der Waals surface area contributed by atoms with E-state index in [0.717, 1.165) is 6.20 Å². The second-order valence-corrected chi connectivity index (χ2v) is 3.39. The molecule has 1 fully saturated rings. The van der Waals surface area contributed by atoms with Gasteiger partial charge in [0.05, 0.1) is 24.6 Å². The molecule has 14 heavy (non-hydrogen) atoms. The molecule has 2 heterocycles. The third kappa shape index (κ3) is 1.81. The molecule has 0 atom stereocenters. The van der Waals surface area contributed by atoms with E-state index in [1.165, 1.54) is 17.2 Å². The molecule has 0 aliphatic carbocycles. The summed E-state index contributed by atoms with van der Waals surface area (Å²) in [6.07, 6.45) is 2.27. The Kier molecular flexibility index (Phi) is 2.09. The average Bonchev–Trinajstić information content (AvgIpc) is 2.46. The van der Waals surface area contributed by atoms with Gasteiger partial charge in [0, 0.05) is 19.0 Å². The number of hydrogen-bond acceptors (Lipinski definition) is 2. The van der Waals surface area contributed by atoms with Crippen LogP contribution in [0.2, 0.25) is 0 Å². The van der Waals surface area contributed by atoms with E-state index < -0.39 is 11.7 Å². The molecular formula is C9H9F3N2. The summed E-state index contributed by atoms with van der Waals surface area (Å²) in [5.41, 5.74) is 0.419. The van der Waals surface area contributed by atoms with Crippen LogP contribution in [0.5, 0.6) is 0 Å². The molecule has 0 amide bonds. The van der Waals surface area contributed by atoms with Crippen LogP contribution in [0.1, 0.15) is 6.42 Å². The Morgan fingerprint density at radius 3 is 2.71 bits per heavy atom. The molecule has 1 aliphatic rings. The van der Waals surface area contributed by atoms with E-state index >= 15 is 0 Å². The van der Waals surface area contributed by atoms with Crippen LogP contribution in [-0.2, 0) is 0 Å². The largest absolute Gasteiger partial charge is 0.364 e. The van der Waals surface area contributed by atoms with Crippen LogP contribution in [0.25, 0.3) is 0 Å². The normalized spacial score (nSPS) is 20.1. The lowest BCUT2D eigenvalue weighted by Gasteiger charge is -2.17. The van der Waals surface area contributed by atoms with Crippen molar-refractivity contribution in [2.24, 2.45) is 0 Å². The first-order valence-corrected chi connectivity index (χ1v) is 4.30. The smallest absolute Gasteiger partial charge is 0.266 e. The highest BCUT2D eigenvalue weighted by atomic mass is 19.3. The first-order chi connectivity index (χ1) is 6.57. The number of rotatable bonds is 1. The predicted molar refractivity (Wildman–Crippen MR) is 46.0 cm³/mol. The Balaban J connectivity index is 2.17. The number of hydrogen-bond donors (Lipinski definition) is 0. The Labute approximate surface area is 79.4 Å². The lowest BCUT2D eigenvalue weighted by atomic mass is 10.3. The van der Waals surface area contributed by atoms with Gasteiger partial charge in [-0.2, -0.15) is 0 Å². The Hall–Kier alpha value is -1.26. The van der Waals surface area contributed by atoms with E-state index in [0.29, 0.717) is 5.69 Å². The van der Waals surface area contributed by atoms with Gasteiger partial charge >= 0.3 is 0 Å². The van der Waals surface area contributed by atoms with Gasteiger partial charge in [-0.25, -0.2) is 13.2 Å². The van der Waals surface area contributed by atoms with Crippen LogP contribution >= 0.6 is 0 Å². The highest BCUT2D eigenvalue weighted by molar-refractivity contribution is 5.45. The molecule has 2 nitrogen and oxygen atoms in total. The molecule has 1 aromatic heterocycles. The maximum Gasteiger partial charge on any atom is 0.266 e. The highest BCUT2D eigenvalue weighted by Crippen LogP contribution is 2.30. The molecule has 76 valence electrons. The minimum absolute atomic E-state index is 0.177. The Morgan fingerprint density at radius 1 is 1.36 bits per heavy atom. The maximum absolute atomic E-state index is 12.8. The summed E-state index contributed by atoms with van der Waals surface area (Å²) >= 11 is 0. The van der Waals surface area contributed by atoms with Gasteiger partial charge < -0.3 is 4.90 Å². The van der Waals surface area contributed by atoms with Crippen molar-refractivity contribution in [3.8, 4) is 0 Å². The van der Waals surface area contributed by atoms with E-state index in [9.17, 15) is 13.2 Å². The van der Waals surface area contributed by atoms with Gasteiger partial charge in [-0.3, -0.25) is 4.98 Å². The van der Waals surface area contributed by atoms with Crippen LogP contribution in [0.3, 0.4) is 0 Å². The third-order valence-electron chi connectivity index (χ3n) is 2.23. The van der Waals surface area contributed by atoms with Crippen molar-refractivity contribution in [3.05, 3.63) is 24.3 Å². The molecular weight excluding hydrogens is 193 g/mol. The van der Waals surface area contributed by atoms with Gasteiger partial charge in [0.1, 0.15) is 5.82 Å². The topological polar surface area (TPSA) is 16.1 Å². The number of alkyl halides is 2. The van der Waals surface area contributed by atoms with Gasteiger partial charge in [-0.05, 0) is 0 Å². The summed E-state index contributed by atoms with van der Waals surface area (Å²) < 4.78 is 38.4. The highest BCUT2D eigenvalue weighted by Gasteiger charge is 2.38. The fraction of sp³-hybridized carbons (Fsp3) is 0.444. The molecule has 0 spiro atoms. The zero-order valence-electron chi connectivity index (χ0n) is 7.38. The van der Waals surface area contributed by atoms with E-state index in [-0.39, 0.29) is 19.5 Å².